The van der Waals surface area contributed by atoms with Gasteiger partial charge in [0.25, 0.3) is 5.91 Å². The van der Waals surface area contributed by atoms with Gasteiger partial charge >= 0.3 is 0 Å². The van der Waals surface area contributed by atoms with Gasteiger partial charge in [-0.2, -0.15) is 0 Å². The first-order valence-electron chi connectivity index (χ1n) is 8.97. The maximum absolute atomic E-state index is 12.4. The van der Waals surface area contributed by atoms with Crippen LogP contribution in [0, 0.1) is 0 Å². The summed E-state index contributed by atoms with van der Waals surface area (Å²) >= 11 is 5.30. The number of ether oxygens (including phenoxy) is 1. The van der Waals surface area contributed by atoms with E-state index in [2.05, 4.69) is 17.6 Å². The Morgan fingerprint density at radius 1 is 1.29 bits per heavy atom. The largest absolute Gasteiger partial charge is 0.491 e. The molecule has 1 aromatic carbocycles. The van der Waals surface area contributed by atoms with E-state index in [4.69, 9.17) is 17.0 Å². The molecule has 1 atom stereocenters. The van der Waals surface area contributed by atoms with Crippen LogP contribution >= 0.6 is 12.2 Å². The topological polar surface area (TPSA) is 50.4 Å². The van der Waals surface area contributed by atoms with Crippen LogP contribution in [0.5, 0.6) is 5.75 Å². The number of carbonyl (C=O) groups is 1. The molecule has 1 aliphatic carbocycles. The lowest BCUT2D eigenvalue weighted by atomic mass is 10.1. The Balaban J connectivity index is 1.89. The van der Waals surface area contributed by atoms with Gasteiger partial charge in [0, 0.05) is 11.6 Å². The van der Waals surface area contributed by atoms with E-state index in [1.165, 1.54) is 25.7 Å². The number of benzene rings is 1. The maximum Gasteiger partial charge on any atom is 0.257 e. The molecule has 1 aliphatic rings. The number of carbonyl (C=O) groups excluding carboxylic acids is 1. The number of amides is 1. The van der Waals surface area contributed by atoms with Gasteiger partial charge in [0.05, 0.1) is 6.10 Å². The monoisotopic (exact) mass is 348 g/mol. The van der Waals surface area contributed by atoms with Gasteiger partial charge in [-0.1, -0.05) is 38.7 Å². The molecule has 2 rings (SSSR count). The smallest absolute Gasteiger partial charge is 0.257 e. The first-order valence-corrected chi connectivity index (χ1v) is 9.38. The summed E-state index contributed by atoms with van der Waals surface area (Å²) in [4.78, 5) is 12.4. The number of nitrogens with one attached hydrogen (secondary N) is 2. The molecule has 0 saturated heterocycles. The number of thiocarbonyl (C=S) groups is 1. The summed E-state index contributed by atoms with van der Waals surface area (Å²) in [5.41, 5.74) is 0.556. The van der Waals surface area contributed by atoms with Gasteiger partial charge in [0.15, 0.2) is 5.11 Å². The summed E-state index contributed by atoms with van der Waals surface area (Å²) < 4.78 is 5.77. The summed E-state index contributed by atoms with van der Waals surface area (Å²) in [6.45, 7) is 4.08. The molecule has 132 valence electrons. The van der Waals surface area contributed by atoms with Crippen LogP contribution in [0.2, 0.25) is 0 Å². The van der Waals surface area contributed by atoms with E-state index in [-0.39, 0.29) is 12.0 Å². The van der Waals surface area contributed by atoms with E-state index in [1.54, 1.807) is 12.1 Å². The molecule has 1 amide bonds. The summed E-state index contributed by atoms with van der Waals surface area (Å²) in [5, 5.41) is 6.48. The minimum Gasteiger partial charge on any atom is -0.491 e. The predicted octanol–water partition coefficient (Wildman–Crippen LogP) is 4.19. The van der Waals surface area contributed by atoms with Crippen LogP contribution in [-0.2, 0) is 0 Å². The highest BCUT2D eigenvalue weighted by Gasteiger charge is 2.15. The Morgan fingerprint density at radius 3 is 2.67 bits per heavy atom. The Labute approximate surface area is 150 Å². The molecule has 2 N–H and O–H groups in total. The van der Waals surface area contributed by atoms with Crippen molar-refractivity contribution in [3.63, 3.8) is 0 Å². The second-order valence-corrected chi connectivity index (χ2v) is 6.89. The summed E-state index contributed by atoms with van der Waals surface area (Å²) in [6.07, 6.45) is 8.32. The highest BCUT2D eigenvalue weighted by molar-refractivity contribution is 7.80. The molecular weight excluding hydrogens is 320 g/mol. The minimum atomic E-state index is -0.198. The van der Waals surface area contributed by atoms with Crippen molar-refractivity contribution in [3.05, 3.63) is 29.8 Å². The first-order chi connectivity index (χ1) is 11.6. The third-order valence-corrected chi connectivity index (χ3v) is 4.65. The quantitative estimate of drug-likeness (QED) is 0.619. The van der Waals surface area contributed by atoms with Gasteiger partial charge in [0.1, 0.15) is 5.75 Å². The van der Waals surface area contributed by atoms with Gasteiger partial charge in [-0.3, -0.25) is 10.1 Å². The van der Waals surface area contributed by atoms with Crippen LogP contribution < -0.4 is 15.4 Å². The van der Waals surface area contributed by atoms with Crippen LogP contribution in [0.25, 0.3) is 0 Å². The molecule has 1 saturated carbocycles. The fraction of sp³-hybridized carbons (Fsp3) is 0.579. The molecule has 1 aromatic rings. The molecular formula is C19H28N2O2S. The summed E-state index contributed by atoms with van der Waals surface area (Å²) in [6, 6.07) is 7.60. The Morgan fingerprint density at radius 2 is 2.00 bits per heavy atom. The Hall–Kier alpha value is -1.62. The van der Waals surface area contributed by atoms with Crippen LogP contribution in [0.3, 0.4) is 0 Å². The molecule has 1 unspecified atom stereocenters. The molecule has 24 heavy (non-hydrogen) atoms. The molecule has 4 nitrogen and oxygen atoms in total. The highest BCUT2D eigenvalue weighted by atomic mass is 32.1. The molecule has 5 heteroatoms. The van der Waals surface area contributed by atoms with Gasteiger partial charge in [0.2, 0.25) is 0 Å². The van der Waals surface area contributed by atoms with E-state index in [1.807, 2.05) is 19.1 Å². The van der Waals surface area contributed by atoms with Crippen molar-refractivity contribution in [2.45, 2.75) is 70.9 Å². The third-order valence-electron chi connectivity index (χ3n) is 4.43. The number of rotatable bonds is 5. The maximum atomic E-state index is 12.4. The fourth-order valence-corrected chi connectivity index (χ4v) is 3.11. The second kappa shape index (κ2) is 9.62. The molecule has 0 spiro atoms. The van der Waals surface area contributed by atoms with Crippen LogP contribution in [0.4, 0.5) is 0 Å². The van der Waals surface area contributed by atoms with Crippen molar-refractivity contribution in [1.82, 2.24) is 10.6 Å². The lowest BCUT2D eigenvalue weighted by molar-refractivity contribution is 0.0975. The lowest BCUT2D eigenvalue weighted by Gasteiger charge is -2.18. The molecule has 0 heterocycles. The molecule has 1 fully saturated rings. The average Bonchev–Trinajstić information content (AvgIpc) is 2.83. The van der Waals surface area contributed by atoms with E-state index in [0.717, 1.165) is 19.3 Å². The second-order valence-electron chi connectivity index (χ2n) is 6.48. The van der Waals surface area contributed by atoms with Gasteiger partial charge in [-0.25, -0.2) is 0 Å². The Kier molecular flexibility index (Phi) is 7.50. The van der Waals surface area contributed by atoms with Gasteiger partial charge in [-0.05, 0) is 56.6 Å². The van der Waals surface area contributed by atoms with Crippen molar-refractivity contribution in [2.24, 2.45) is 0 Å². The van der Waals surface area contributed by atoms with Crippen LogP contribution in [0.15, 0.2) is 24.3 Å². The molecule has 0 aromatic heterocycles. The molecule has 0 radical (unpaired) electrons. The normalized spacial score (nSPS) is 16.8. The van der Waals surface area contributed by atoms with Crippen molar-refractivity contribution >= 4 is 23.2 Å². The van der Waals surface area contributed by atoms with Crippen molar-refractivity contribution in [3.8, 4) is 5.75 Å². The Bertz CT molecular complexity index is 554. The number of hydrogen-bond donors (Lipinski definition) is 2. The predicted molar refractivity (Wildman–Crippen MR) is 102 cm³/mol. The lowest BCUT2D eigenvalue weighted by Crippen LogP contribution is -2.44. The summed E-state index contributed by atoms with van der Waals surface area (Å²) in [7, 11) is 0. The third kappa shape index (κ3) is 6.11. The zero-order valence-electron chi connectivity index (χ0n) is 14.6. The fourth-order valence-electron chi connectivity index (χ4n) is 2.85. The highest BCUT2D eigenvalue weighted by Crippen LogP contribution is 2.18. The molecule has 0 bridgehead atoms. The summed E-state index contributed by atoms with van der Waals surface area (Å²) in [5.74, 6) is 0.510. The van der Waals surface area contributed by atoms with Crippen molar-refractivity contribution in [2.75, 3.05) is 0 Å². The van der Waals surface area contributed by atoms with Crippen LogP contribution in [0.1, 0.15) is 69.2 Å². The zero-order valence-corrected chi connectivity index (χ0v) is 15.5. The number of hydrogen-bond acceptors (Lipinski definition) is 3. The SMILES string of the molecule is CCC(C)Oc1cccc(C(=O)NC(=S)NC2CCCCCC2)c1. The standard InChI is InChI=1S/C19H28N2O2S/c1-3-14(2)23-17-12-8-9-15(13-17)18(22)21-19(24)20-16-10-6-4-5-7-11-16/h8-9,12-14,16H,3-7,10-11H2,1-2H3,(H2,20,21,22,24). The zero-order chi connectivity index (χ0) is 17.4. The average molecular weight is 349 g/mol. The van der Waals surface area contributed by atoms with E-state index in [9.17, 15) is 4.79 Å². The van der Waals surface area contributed by atoms with Gasteiger partial charge < -0.3 is 10.1 Å². The van der Waals surface area contributed by atoms with E-state index in [0.29, 0.717) is 22.5 Å². The first kappa shape index (κ1) is 18.7. The molecule has 0 aliphatic heterocycles. The minimum absolute atomic E-state index is 0.126. The van der Waals surface area contributed by atoms with E-state index >= 15 is 0 Å². The van der Waals surface area contributed by atoms with Crippen LogP contribution in [-0.4, -0.2) is 23.2 Å². The van der Waals surface area contributed by atoms with Gasteiger partial charge in [-0.15, -0.1) is 0 Å². The van der Waals surface area contributed by atoms with Crippen molar-refractivity contribution in [1.29, 1.82) is 0 Å². The van der Waals surface area contributed by atoms with Crippen molar-refractivity contribution < 1.29 is 9.53 Å². The van der Waals surface area contributed by atoms with E-state index < -0.39 is 0 Å².